The predicted octanol–water partition coefficient (Wildman–Crippen LogP) is 4.11. The molecule has 2 amide bonds. The summed E-state index contributed by atoms with van der Waals surface area (Å²) in [7, 11) is -3.77. The first-order chi connectivity index (χ1) is 13.9. The Labute approximate surface area is 168 Å². The first kappa shape index (κ1) is 19.0. The van der Waals surface area contributed by atoms with Crippen molar-refractivity contribution in [2.24, 2.45) is 5.14 Å². The number of carbonyl (C=O) groups excluding carboxylic acids is 1. The lowest BCUT2D eigenvalue weighted by Crippen LogP contribution is -2.19. The summed E-state index contributed by atoms with van der Waals surface area (Å²) < 4.78 is 24.9. The number of sulfonamides is 1. The molecule has 0 saturated heterocycles. The normalized spacial score (nSPS) is 11.7. The zero-order valence-corrected chi connectivity index (χ0v) is 16.5. The molecule has 0 aliphatic heterocycles. The van der Waals surface area contributed by atoms with Gasteiger partial charge >= 0.3 is 6.03 Å². The fraction of sp³-hybridized carbons (Fsp3) is 0.0952. The Morgan fingerprint density at radius 2 is 1.52 bits per heavy atom. The summed E-state index contributed by atoms with van der Waals surface area (Å²) in [6.45, 7) is 2.96. The van der Waals surface area contributed by atoms with E-state index in [9.17, 15) is 13.2 Å². The minimum absolute atomic E-state index is 0.0128. The van der Waals surface area contributed by atoms with Crippen LogP contribution in [0.2, 0.25) is 0 Å². The fourth-order valence-corrected chi connectivity index (χ4v) is 4.01. The van der Waals surface area contributed by atoms with E-state index in [2.05, 4.69) is 34.3 Å². The minimum Gasteiger partial charge on any atom is -0.341 e. The molecule has 7 nitrogen and oxygen atoms in total. The van der Waals surface area contributed by atoms with Crippen molar-refractivity contribution in [3.63, 3.8) is 0 Å². The van der Waals surface area contributed by atoms with E-state index in [0.717, 1.165) is 28.4 Å². The first-order valence-corrected chi connectivity index (χ1v) is 10.6. The molecule has 0 saturated carbocycles. The molecule has 148 valence electrons. The number of rotatable bonds is 4. The van der Waals surface area contributed by atoms with E-state index in [1.807, 2.05) is 30.3 Å². The van der Waals surface area contributed by atoms with Crippen LogP contribution < -0.4 is 15.8 Å². The molecule has 1 heterocycles. The van der Waals surface area contributed by atoms with Crippen molar-refractivity contribution in [2.75, 3.05) is 10.6 Å². The molecule has 0 spiro atoms. The number of urea groups is 1. The van der Waals surface area contributed by atoms with Crippen molar-refractivity contribution in [3.8, 4) is 0 Å². The van der Waals surface area contributed by atoms with E-state index in [4.69, 9.17) is 5.14 Å². The number of hydrogen-bond donors (Lipinski definition) is 3. The first-order valence-electron chi connectivity index (χ1n) is 9.08. The maximum Gasteiger partial charge on any atom is 0.323 e. The molecule has 4 N–H and O–H groups in total. The van der Waals surface area contributed by atoms with Gasteiger partial charge in [0.2, 0.25) is 10.0 Å². The van der Waals surface area contributed by atoms with Crippen LogP contribution in [0.15, 0.2) is 71.6 Å². The smallest absolute Gasteiger partial charge is 0.323 e. The molecule has 8 heteroatoms. The van der Waals surface area contributed by atoms with Gasteiger partial charge in [0.15, 0.2) is 0 Å². The van der Waals surface area contributed by atoms with Crippen LogP contribution >= 0.6 is 0 Å². The average Bonchev–Trinajstić information content (AvgIpc) is 3.01. The zero-order chi connectivity index (χ0) is 20.6. The Morgan fingerprint density at radius 1 is 0.897 bits per heavy atom. The lowest BCUT2D eigenvalue weighted by Gasteiger charge is -2.09. The largest absolute Gasteiger partial charge is 0.341 e. The number of carbonyl (C=O) groups is 1. The van der Waals surface area contributed by atoms with Crippen LogP contribution in [0.1, 0.15) is 6.92 Å². The number of anilines is 2. The van der Waals surface area contributed by atoms with Gasteiger partial charge in [0, 0.05) is 39.7 Å². The van der Waals surface area contributed by atoms with Crippen LogP contribution in [0, 0.1) is 0 Å². The highest BCUT2D eigenvalue weighted by molar-refractivity contribution is 7.89. The van der Waals surface area contributed by atoms with Gasteiger partial charge in [0.25, 0.3) is 0 Å². The van der Waals surface area contributed by atoms with E-state index < -0.39 is 16.1 Å². The van der Waals surface area contributed by atoms with Gasteiger partial charge in [-0.05, 0) is 55.5 Å². The molecule has 29 heavy (non-hydrogen) atoms. The molecule has 4 aromatic rings. The third-order valence-corrected chi connectivity index (χ3v) is 5.72. The standard InChI is InChI=1S/C21H20N4O3S/c1-2-25-19-6-4-3-5-17(19)18-13-15(9-12-20(18)25)24-21(26)23-14-7-10-16(11-8-14)29(22,27)28/h3-13H,2H2,1H3,(H2,22,27,28)(H2,23,24,26). The number of aromatic nitrogens is 1. The molecular formula is C21H20N4O3S. The number of fused-ring (bicyclic) bond motifs is 3. The van der Waals surface area contributed by atoms with Crippen molar-refractivity contribution in [1.29, 1.82) is 0 Å². The third-order valence-electron chi connectivity index (χ3n) is 4.79. The molecule has 4 rings (SSSR count). The number of nitrogens with two attached hydrogens (primary N) is 1. The third kappa shape index (κ3) is 3.67. The van der Waals surface area contributed by atoms with Crippen LogP contribution in [0.4, 0.5) is 16.2 Å². The number of nitrogens with one attached hydrogen (secondary N) is 2. The topological polar surface area (TPSA) is 106 Å². The van der Waals surface area contributed by atoms with Crippen LogP contribution in [0.5, 0.6) is 0 Å². The van der Waals surface area contributed by atoms with Gasteiger partial charge in [-0.25, -0.2) is 18.4 Å². The summed E-state index contributed by atoms with van der Waals surface area (Å²) in [5, 5.41) is 12.8. The molecule has 3 aromatic carbocycles. The fourth-order valence-electron chi connectivity index (χ4n) is 3.49. The molecule has 0 aliphatic rings. The van der Waals surface area contributed by atoms with Crippen molar-refractivity contribution in [1.82, 2.24) is 4.57 Å². The summed E-state index contributed by atoms with van der Waals surface area (Å²) >= 11 is 0. The van der Waals surface area contributed by atoms with Gasteiger partial charge in [0.1, 0.15) is 0 Å². The van der Waals surface area contributed by atoms with Crippen molar-refractivity contribution >= 4 is 49.2 Å². The minimum atomic E-state index is -3.77. The highest BCUT2D eigenvalue weighted by atomic mass is 32.2. The van der Waals surface area contributed by atoms with Gasteiger partial charge in [0.05, 0.1) is 4.90 Å². The van der Waals surface area contributed by atoms with Crippen LogP contribution in [-0.4, -0.2) is 19.0 Å². The quantitative estimate of drug-likeness (QED) is 0.473. The lowest BCUT2D eigenvalue weighted by molar-refractivity contribution is 0.262. The zero-order valence-electron chi connectivity index (χ0n) is 15.7. The van der Waals surface area contributed by atoms with Gasteiger partial charge in [-0.1, -0.05) is 18.2 Å². The number of nitrogens with zero attached hydrogens (tertiary/aromatic N) is 1. The summed E-state index contributed by atoms with van der Waals surface area (Å²) in [5.41, 5.74) is 3.38. The molecule has 0 aliphatic carbocycles. The second kappa shape index (κ2) is 7.23. The van der Waals surface area contributed by atoms with Crippen molar-refractivity contribution in [3.05, 3.63) is 66.7 Å². The summed E-state index contributed by atoms with van der Waals surface area (Å²) in [4.78, 5) is 12.3. The van der Waals surface area contributed by atoms with E-state index in [0.29, 0.717) is 11.4 Å². The maximum atomic E-state index is 12.4. The van der Waals surface area contributed by atoms with Crippen molar-refractivity contribution < 1.29 is 13.2 Å². The second-order valence-electron chi connectivity index (χ2n) is 6.64. The predicted molar refractivity (Wildman–Crippen MR) is 116 cm³/mol. The summed E-state index contributed by atoms with van der Waals surface area (Å²) in [6, 6.07) is 19.2. The average molecular weight is 408 g/mol. The van der Waals surface area contributed by atoms with E-state index >= 15 is 0 Å². The molecule has 0 radical (unpaired) electrons. The van der Waals surface area contributed by atoms with Gasteiger partial charge in [-0.3, -0.25) is 0 Å². The lowest BCUT2D eigenvalue weighted by atomic mass is 10.1. The summed E-state index contributed by atoms with van der Waals surface area (Å²) in [5.74, 6) is 0. The highest BCUT2D eigenvalue weighted by Crippen LogP contribution is 2.31. The molecule has 0 unspecified atom stereocenters. The van der Waals surface area contributed by atoms with Gasteiger partial charge < -0.3 is 15.2 Å². The maximum absolute atomic E-state index is 12.4. The van der Waals surface area contributed by atoms with Crippen molar-refractivity contribution in [2.45, 2.75) is 18.4 Å². The van der Waals surface area contributed by atoms with E-state index in [-0.39, 0.29) is 4.90 Å². The van der Waals surface area contributed by atoms with Crippen LogP contribution in [-0.2, 0) is 16.6 Å². The number of aryl methyl sites for hydroxylation is 1. The number of primary sulfonamides is 1. The Kier molecular flexibility index (Phi) is 4.73. The SMILES string of the molecule is CCn1c2ccccc2c2cc(NC(=O)Nc3ccc(S(N)(=O)=O)cc3)ccc21. The Hall–Kier alpha value is -3.36. The summed E-state index contributed by atoms with van der Waals surface area (Å²) in [6.07, 6.45) is 0. The highest BCUT2D eigenvalue weighted by Gasteiger charge is 2.11. The van der Waals surface area contributed by atoms with E-state index in [1.165, 1.54) is 24.3 Å². The van der Waals surface area contributed by atoms with Crippen LogP contribution in [0.3, 0.4) is 0 Å². The number of amides is 2. The Balaban J connectivity index is 1.58. The number of para-hydroxylation sites is 1. The Bertz CT molecular complexity index is 1330. The molecular weight excluding hydrogens is 388 g/mol. The number of hydrogen-bond acceptors (Lipinski definition) is 3. The molecule has 0 atom stereocenters. The molecule has 0 fully saturated rings. The van der Waals surface area contributed by atoms with Gasteiger partial charge in [-0.2, -0.15) is 0 Å². The second-order valence-corrected chi connectivity index (χ2v) is 8.20. The monoisotopic (exact) mass is 408 g/mol. The van der Waals surface area contributed by atoms with Crippen LogP contribution in [0.25, 0.3) is 21.8 Å². The Morgan fingerprint density at radius 3 is 2.21 bits per heavy atom. The molecule has 1 aromatic heterocycles. The molecule has 0 bridgehead atoms. The number of benzene rings is 3. The van der Waals surface area contributed by atoms with E-state index in [1.54, 1.807) is 0 Å². The van der Waals surface area contributed by atoms with Gasteiger partial charge in [-0.15, -0.1) is 0 Å².